The lowest BCUT2D eigenvalue weighted by molar-refractivity contribution is -0.112. The van der Waals surface area contributed by atoms with Crippen molar-refractivity contribution in [3.8, 4) is 11.8 Å². The highest BCUT2D eigenvalue weighted by Gasteiger charge is 2.12. The predicted molar refractivity (Wildman–Crippen MR) is 122 cm³/mol. The molecule has 0 aliphatic rings. The minimum Gasteiger partial charge on any atom is -0.423 e. The normalized spacial score (nSPS) is 10.8. The van der Waals surface area contributed by atoms with Crippen molar-refractivity contribution in [3.05, 3.63) is 98.4 Å². The Hall–Kier alpha value is -3.21. The predicted octanol–water partition coefficient (Wildman–Crippen LogP) is 5.98. The van der Waals surface area contributed by atoms with Crippen LogP contribution in [0, 0.1) is 11.3 Å². The van der Waals surface area contributed by atoms with Crippen LogP contribution in [0.2, 0.25) is 0 Å². The van der Waals surface area contributed by atoms with E-state index in [0.717, 1.165) is 4.47 Å². The summed E-state index contributed by atoms with van der Waals surface area (Å²) in [7, 11) is 0. The van der Waals surface area contributed by atoms with Crippen molar-refractivity contribution >= 4 is 55.5 Å². The fourth-order valence-corrected chi connectivity index (χ4v) is 3.10. The molecule has 0 atom stereocenters. The van der Waals surface area contributed by atoms with Crippen LogP contribution >= 0.6 is 31.9 Å². The van der Waals surface area contributed by atoms with Crippen molar-refractivity contribution in [1.29, 1.82) is 5.26 Å². The molecule has 7 heteroatoms. The standard InChI is InChI=1S/C23H14Br2N2O3/c24-18-9-7-16(8-10-18)23(29)30-19-11-5-15(6-12-19)13-17(14-26)22(28)27-21-4-2-1-3-20(21)25/h1-13H,(H,27,28)/b17-13+. The average molecular weight is 526 g/mol. The molecule has 0 spiro atoms. The van der Waals surface area contributed by atoms with Crippen molar-refractivity contribution in [2.75, 3.05) is 5.32 Å². The molecule has 3 rings (SSSR count). The monoisotopic (exact) mass is 524 g/mol. The summed E-state index contributed by atoms with van der Waals surface area (Å²) in [5.74, 6) is -0.636. The van der Waals surface area contributed by atoms with E-state index in [2.05, 4.69) is 37.2 Å². The molecule has 5 nitrogen and oxygen atoms in total. The zero-order valence-electron chi connectivity index (χ0n) is 15.4. The summed E-state index contributed by atoms with van der Waals surface area (Å²) < 4.78 is 6.92. The molecule has 30 heavy (non-hydrogen) atoms. The van der Waals surface area contributed by atoms with Gasteiger partial charge in [-0.15, -0.1) is 0 Å². The van der Waals surface area contributed by atoms with Crippen molar-refractivity contribution in [2.24, 2.45) is 0 Å². The van der Waals surface area contributed by atoms with Crippen LogP contribution in [0.15, 0.2) is 87.3 Å². The first-order valence-corrected chi connectivity index (χ1v) is 10.3. The van der Waals surface area contributed by atoms with Crippen LogP contribution in [0.3, 0.4) is 0 Å². The fourth-order valence-electron chi connectivity index (χ4n) is 2.45. The molecule has 1 amide bonds. The summed E-state index contributed by atoms with van der Waals surface area (Å²) in [6.45, 7) is 0. The molecule has 0 unspecified atom stereocenters. The summed E-state index contributed by atoms with van der Waals surface area (Å²) in [4.78, 5) is 24.6. The number of halogens is 2. The first kappa shape index (κ1) is 21.5. The molecule has 3 aromatic carbocycles. The third-order valence-electron chi connectivity index (χ3n) is 3.97. The van der Waals surface area contributed by atoms with E-state index in [1.165, 1.54) is 6.08 Å². The highest BCUT2D eigenvalue weighted by molar-refractivity contribution is 9.10. The Morgan fingerprint density at radius 1 is 0.933 bits per heavy atom. The summed E-state index contributed by atoms with van der Waals surface area (Å²) in [5.41, 5.74) is 1.57. The fraction of sp³-hybridized carbons (Fsp3) is 0. The van der Waals surface area contributed by atoms with E-state index in [1.54, 1.807) is 66.7 Å². The maximum atomic E-state index is 12.4. The van der Waals surface area contributed by atoms with Gasteiger partial charge in [-0.2, -0.15) is 5.26 Å². The molecule has 1 N–H and O–H groups in total. The summed E-state index contributed by atoms with van der Waals surface area (Å²) in [5, 5.41) is 12.1. The quantitative estimate of drug-likeness (QED) is 0.192. The Kier molecular flexibility index (Phi) is 7.17. The molecular formula is C23H14Br2N2O3. The number of hydrogen-bond donors (Lipinski definition) is 1. The lowest BCUT2D eigenvalue weighted by Gasteiger charge is -2.07. The maximum Gasteiger partial charge on any atom is 0.343 e. The summed E-state index contributed by atoms with van der Waals surface area (Å²) in [6.07, 6.45) is 1.46. The van der Waals surface area contributed by atoms with E-state index < -0.39 is 11.9 Å². The number of rotatable bonds is 5. The number of ether oxygens (including phenoxy) is 1. The second-order valence-electron chi connectivity index (χ2n) is 6.07. The number of nitrogens with one attached hydrogen (secondary N) is 1. The van der Waals surface area contributed by atoms with Gasteiger partial charge >= 0.3 is 5.97 Å². The maximum absolute atomic E-state index is 12.4. The van der Waals surface area contributed by atoms with Crippen molar-refractivity contribution in [3.63, 3.8) is 0 Å². The lowest BCUT2D eigenvalue weighted by atomic mass is 10.1. The van der Waals surface area contributed by atoms with Gasteiger partial charge in [0, 0.05) is 8.95 Å². The van der Waals surface area contributed by atoms with E-state index in [1.807, 2.05) is 12.1 Å². The number of benzene rings is 3. The van der Waals surface area contributed by atoms with Gasteiger partial charge < -0.3 is 10.1 Å². The highest BCUT2D eigenvalue weighted by Crippen LogP contribution is 2.22. The third kappa shape index (κ3) is 5.66. The second kappa shape index (κ2) is 10.0. The van der Waals surface area contributed by atoms with E-state index in [-0.39, 0.29) is 5.57 Å². The minimum atomic E-state index is -0.518. The van der Waals surface area contributed by atoms with Crippen LogP contribution < -0.4 is 10.1 Å². The van der Waals surface area contributed by atoms with Gasteiger partial charge in [0.2, 0.25) is 0 Å². The average Bonchev–Trinajstić information content (AvgIpc) is 2.75. The molecule has 0 saturated heterocycles. The van der Waals surface area contributed by atoms with Crippen LogP contribution in [0.5, 0.6) is 5.75 Å². The molecule has 0 aromatic heterocycles. The van der Waals surface area contributed by atoms with Gasteiger partial charge in [-0.3, -0.25) is 4.79 Å². The number of hydrogen-bond acceptors (Lipinski definition) is 4. The van der Waals surface area contributed by atoms with Crippen LogP contribution in [-0.4, -0.2) is 11.9 Å². The summed E-state index contributed by atoms with van der Waals surface area (Å²) >= 11 is 6.67. The van der Waals surface area contributed by atoms with Crippen molar-refractivity contribution in [1.82, 2.24) is 0 Å². The van der Waals surface area contributed by atoms with Crippen LogP contribution in [0.4, 0.5) is 5.69 Å². The first-order chi connectivity index (χ1) is 14.5. The number of para-hydroxylation sites is 1. The molecule has 0 heterocycles. The highest BCUT2D eigenvalue weighted by atomic mass is 79.9. The minimum absolute atomic E-state index is 0.0506. The van der Waals surface area contributed by atoms with Gasteiger partial charge in [0.05, 0.1) is 11.3 Å². The molecule has 0 bridgehead atoms. The van der Waals surface area contributed by atoms with Gasteiger partial charge in [0.25, 0.3) is 5.91 Å². The first-order valence-electron chi connectivity index (χ1n) is 8.72. The molecule has 148 valence electrons. The number of nitriles is 1. The lowest BCUT2D eigenvalue weighted by Crippen LogP contribution is -2.13. The molecule has 0 aliphatic carbocycles. The molecule has 0 fully saturated rings. The Morgan fingerprint density at radius 3 is 2.23 bits per heavy atom. The van der Waals surface area contributed by atoms with Crippen LogP contribution in [0.1, 0.15) is 15.9 Å². The van der Waals surface area contributed by atoms with Crippen LogP contribution in [0.25, 0.3) is 6.08 Å². The topological polar surface area (TPSA) is 79.2 Å². The number of carbonyl (C=O) groups excluding carboxylic acids is 2. The number of anilines is 1. The molecular weight excluding hydrogens is 512 g/mol. The van der Waals surface area contributed by atoms with Gasteiger partial charge in [0.1, 0.15) is 17.4 Å². The van der Waals surface area contributed by atoms with Crippen molar-refractivity contribution < 1.29 is 14.3 Å². The smallest absolute Gasteiger partial charge is 0.343 e. The number of nitrogens with zero attached hydrogens (tertiary/aromatic N) is 1. The molecule has 0 aliphatic heterocycles. The van der Waals surface area contributed by atoms with Crippen LogP contribution in [-0.2, 0) is 4.79 Å². The van der Waals surface area contributed by atoms with E-state index in [4.69, 9.17) is 4.74 Å². The largest absolute Gasteiger partial charge is 0.423 e. The zero-order valence-corrected chi connectivity index (χ0v) is 18.6. The van der Waals surface area contributed by atoms with Gasteiger partial charge in [-0.1, -0.05) is 40.2 Å². The van der Waals surface area contributed by atoms with E-state index >= 15 is 0 Å². The Bertz CT molecular complexity index is 1150. The Morgan fingerprint density at radius 2 is 1.60 bits per heavy atom. The SMILES string of the molecule is N#C/C(=C\c1ccc(OC(=O)c2ccc(Br)cc2)cc1)C(=O)Nc1ccccc1Br. The molecule has 3 aromatic rings. The van der Waals surface area contributed by atoms with Crippen molar-refractivity contribution in [2.45, 2.75) is 0 Å². The molecule has 0 radical (unpaired) electrons. The van der Waals surface area contributed by atoms with Gasteiger partial charge in [-0.25, -0.2) is 4.79 Å². The number of amides is 1. The van der Waals surface area contributed by atoms with E-state index in [9.17, 15) is 14.9 Å². The van der Waals surface area contributed by atoms with Gasteiger partial charge in [0.15, 0.2) is 0 Å². The third-order valence-corrected chi connectivity index (χ3v) is 5.19. The van der Waals surface area contributed by atoms with E-state index in [0.29, 0.717) is 27.0 Å². The second-order valence-corrected chi connectivity index (χ2v) is 7.84. The Balaban J connectivity index is 1.69. The molecule has 0 saturated carbocycles. The summed E-state index contributed by atoms with van der Waals surface area (Å²) in [6, 6.07) is 22.4. The van der Waals surface area contributed by atoms with Gasteiger partial charge in [-0.05, 0) is 76.1 Å². The number of carbonyl (C=O) groups is 2. The zero-order chi connectivity index (χ0) is 21.5. The Labute approximate surface area is 190 Å². The number of esters is 1.